The molecule has 0 amide bonds. The summed E-state index contributed by atoms with van der Waals surface area (Å²) in [4.78, 5) is 22.3. The lowest BCUT2D eigenvalue weighted by molar-refractivity contribution is -0.108. The van der Waals surface area contributed by atoms with Gasteiger partial charge in [-0.1, -0.05) is 69.6 Å². The van der Waals surface area contributed by atoms with Gasteiger partial charge in [-0.05, 0) is 47.1 Å². The summed E-state index contributed by atoms with van der Waals surface area (Å²) in [6.07, 6.45) is 6.84. The maximum Gasteiger partial charge on any atom is 0.333 e. The van der Waals surface area contributed by atoms with Gasteiger partial charge < -0.3 is 20.5 Å². The van der Waals surface area contributed by atoms with E-state index in [0.717, 1.165) is 24.2 Å². The average Bonchev–Trinajstić information content (AvgIpc) is 3.50. The number of nitrogens with two attached hydrogens (primary N) is 1. The number of aliphatic hydroxyl groups excluding tert-OH is 1. The molecular formula is C32H39ClF2N8O2. The Hall–Kier alpha value is -4.16. The van der Waals surface area contributed by atoms with E-state index < -0.39 is 18.6 Å². The number of nitrogens with zero attached hydrogens (tertiary/aromatic N) is 7. The summed E-state index contributed by atoms with van der Waals surface area (Å²) >= 11 is 6.51. The predicted octanol–water partition coefficient (Wildman–Crippen LogP) is 6.33. The highest BCUT2D eigenvalue weighted by molar-refractivity contribution is 6.32. The van der Waals surface area contributed by atoms with Gasteiger partial charge in [0.05, 0.1) is 29.6 Å². The molecule has 2 aromatic heterocycles. The van der Waals surface area contributed by atoms with E-state index in [4.69, 9.17) is 17.3 Å². The van der Waals surface area contributed by atoms with Gasteiger partial charge in [-0.15, -0.1) is 0 Å². The number of likely N-dealkylation sites (N-methyl/N-ethyl adjacent to an activating group) is 1. The van der Waals surface area contributed by atoms with E-state index in [0.29, 0.717) is 49.7 Å². The van der Waals surface area contributed by atoms with Gasteiger partial charge in [0.1, 0.15) is 24.5 Å². The number of aliphatic imine (C=N–C) groups is 1. The second-order valence-electron chi connectivity index (χ2n) is 12.5. The van der Waals surface area contributed by atoms with E-state index in [1.807, 2.05) is 6.07 Å². The summed E-state index contributed by atoms with van der Waals surface area (Å²) in [5.74, 6) is 1.23. The lowest BCUT2D eigenvalue weighted by Gasteiger charge is -2.29. The number of hydrogen-bond donors (Lipinski definition) is 2. The number of halogens is 3. The van der Waals surface area contributed by atoms with Crippen LogP contribution in [-0.4, -0.2) is 60.5 Å². The van der Waals surface area contributed by atoms with Crippen molar-refractivity contribution >= 4 is 23.8 Å². The number of guanidine groups is 1. The maximum absolute atomic E-state index is 12.8. The molecule has 0 spiro atoms. The second kappa shape index (κ2) is 14.3. The second-order valence-corrected chi connectivity index (χ2v) is 12.9. The van der Waals surface area contributed by atoms with Crippen molar-refractivity contribution in [2.45, 2.75) is 65.1 Å². The summed E-state index contributed by atoms with van der Waals surface area (Å²) in [6.45, 7) is 5.74. The Morgan fingerprint density at radius 2 is 1.78 bits per heavy atom. The molecule has 2 atom stereocenters. The van der Waals surface area contributed by atoms with Gasteiger partial charge in [0.2, 0.25) is 0 Å². The summed E-state index contributed by atoms with van der Waals surface area (Å²) in [5.41, 5.74) is 9.90. The highest BCUT2D eigenvalue weighted by atomic mass is 35.5. The molecule has 2 unspecified atom stereocenters. The molecule has 1 aliphatic rings. The van der Waals surface area contributed by atoms with Crippen molar-refractivity contribution in [1.82, 2.24) is 29.4 Å². The van der Waals surface area contributed by atoms with Gasteiger partial charge in [-0.3, -0.25) is 0 Å². The van der Waals surface area contributed by atoms with E-state index in [1.54, 1.807) is 53.0 Å². The average molecular weight is 641 g/mol. The molecule has 0 aliphatic heterocycles. The minimum absolute atomic E-state index is 0.0364. The molecule has 3 N–H and O–H groups in total. The number of aliphatic hydroxyl groups is 1. The van der Waals surface area contributed by atoms with Crippen molar-refractivity contribution in [2.24, 2.45) is 16.1 Å². The first-order chi connectivity index (χ1) is 21.3. The van der Waals surface area contributed by atoms with Crippen LogP contribution in [0, 0.1) is 5.41 Å². The molecule has 2 heterocycles. The van der Waals surface area contributed by atoms with Crippen molar-refractivity contribution in [3.63, 3.8) is 0 Å². The summed E-state index contributed by atoms with van der Waals surface area (Å²) < 4.78 is 28.0. The predicted molar refractivity (Wildman–Crippen MR) is 170 cm³/mol. The number of benzene rings is 2. The molecule has 13 heteroatoms. The molecular weight excluding hydrogens is 602 g/mol. The number of rotatable bonds is 10. The van der Waals surface area contributed by atoms with Crippen molar-refractivity contribution in [2.75, 3.05) is 13.7 Å². The Morgan fingerprint density at radius 3 is 2.33 bits per heavy atom. The minimum atomic E-state index is -2.73. The van der Waals surface area contributed by atoms with Crippen molar-refractivity contribution < 1.29 is 18.7 Å². The van der Waals surface area contributed by atoms with Crippen LogP contribution in [0.25, 0.3) is 16.8 Å². The van der Waals surface area contributed by atoms with Crippen LogP contribution < -0.4 is 5.73 Å². The third-order valence-electron chi connectivity index (χ3n) is 6.89. The normalized spacial score (nSPS) is 14.9. The van der Waals surface area contributed by atoms with Gasteiger partial charge in [0, 0.05) is 24.7 Å². The quantitative estimate of drug-likeness (QED) is 0.118. The van der Waals surface area contributed by atoms with Crippen LogP contribution in [0.5, 0.6) is 0 Å². The van der Waals surface area contributed by atoms with Crippen molar-refractivity contribution in [1.29, 1.82) is 0 Å². The molecule has 1 fully saturated rings. The van der Waals surface area contributed by atoms with E-state index in [1.165, 1.54) is 18.7 Å². The number of aldehydes is 1. The van der Waals surface area contributed by atoms with E-state index >= 15 is 0 Å². The Morgan fingerprint density at radius 1 is 1.13 bits per heavy atom. The SMILES string of the molecule is CC(C)(C)C.CN(C(N)=NC(C=O)c1ccc(-c2cnn(C(F)F)c2)cc1)C(CO)c1ccc(Cl)c(-n2ncnc2C2CC2)c1. The van der Waals surface area contributed by atoms with Gasteiger partial charge in [-0.25, -0.2) is 19.3 Å². The largest absolute Gasteiger partial charge is 0.394 e. The smallest absolute Gasteiger partial charge is 0.333 e. The molecule has 45 heavy (non-hydrogen) atoms. The van der Waals surface area contributed by atoms with E-state index in [9.17, 15) is 18.7 Å². The van der Waals surface area contributed by atoms with Crippen molar-refractivity contribution in [3.05, 3.63) is 83.2 Å². The Bertz CT molecular complexity index is 1600. The Labute approximate surface area is 266 Å². The van der Waals surface area contributed by atoms with Gasteiger partial charge in [0.15, 0.2) is 5.96 Å². The summed E-state index contributed by atoms with van der Waals surface area (Å²) in [7, 11) is 1.67. The number of aromatic nitrogens is 5. The van der Waals surface area contributed by atoms with Crippen LogP contribution >= 0.6 is 11.6 Å². The molecule has 1 saturated carbocycles. The fraction of sp³-hybridized carbons (Fsp3) is 0.406. The van der Waals surface area contributed by atoms with Crippen LogP contribution in [0.15, 0.2) is 66.2 Å². The van der Waals surface area contributed by atoms with Crippen molar-refractivity contribution in [3.8, 4) is 16.8 Å². The number of carbonyl (C=O) groups excluding carboxylic acids is 1. The van der Waals surface area contributed by atoms with Crippen LogP contribution in [-0.2, 0) is 4.79 Å². The first kappa shape index (κ1) is 33.7. The standard InChI is InChI=1S/C27H27ClF2N8O2.C5H12/c1-36(24(14-40)19-8-9-21(28)23(10-19)38-25(18-6-7-18)32-15-34-38)27(31)35-22(13-39)17-4-2-16(3-5-17)20-11-33-37(12-20)26(29)30;1-5(2,3)4/h2-5,8-13,15,18,22,24,26,40H,6-7,14H2,1H3,(H2,31,35);1-4H3. The van der Waals surface area contributed by atoms with Crippen LogP contribution in [0.4, 0.5) is 8.78 Å². The molecule has 1 aliphatic carbocycles. The van der Waals surface area contributed by atoms with Gasteiger partial charge in [0.25, 0.3) is 0 Å². The fourth-order valence-corrected chi connectivity index (χ4v) is 4.65. The summed E-state index contributed by atoms with van der Waals surface area (Å²) in [6, 6.07) is 10.6. The topological polar surface area (TPSA) is 127 Å². The molecule has 4 aromatic rings. The molecule has 0 radical (unpaired) electrons. The zero-order valence-corrected chi connectivity index (χ0v) is 26.7. The Kier molecular flexibility index (Phi) is 10.7. The lowest BCUT2D eigenvalue weighted by atomic mass is 10.0. The number of alkyl halides is 2. The molecule has 10 nitrogen and oxygen atoms in total. The maximum atomic E-state index is 12.8. The Balaban J connectivity index is 0.000000854. The summed E-state index contributed by atoms with van der Waals surface area (Å²) in [5, 5.41) is 18.8. The molecule has 0 bridgehead atoms. The van der Waals surface area contributed by atoms with Gasteiger partial charge >= 0.3 is 6.55 Å². The van der Waals surface area contributed by atoms with Crippen LogP contribution in [0.2, 0.25) is 5.02 Å². The first-order valence-corrected chi connectivity index (χ1v) is 14.9. The van der Waals surface area contributed by atoms with E-state index in [2.05, 4.69) is 47.9 Å². The number of carbonyl (C=O) groups is 1. The third kappa shape index (κ3) is 8.73. The first-order valence-electron chi connectivity index (χ1n) is 14.5. The van der Waals surface area contributed by atoms with Gasteiger partial charge in [-0.2, -0.15) is 19.0 Å². The molecule has 2 aromatic carbocycles. The minimum Gasteiger partial charge on any atom is -0.394 e. The monoisotopic (exact) mass is 640 g/mol. The van der Waals surface area contributed by atoms with E-state index in [-0.39, 0.29) is 12.6 Å². The van der Waals surface area contributed by atoms with Crippen LogP contribution in [0.1, 0.15) is 82.0 Å². The molecule has 240 valence electrons. The number of hydrogen-bond acceptors (Lipinski definition) is 6. The zero-order valence-electron chi connectivity index (χ0n) is 26.0. The van der Waals surface area contributed by atoms with Crippen LogP contribution in [0.3, 0.4) is 0 Å². The highest BCUT2D eigenvalue weighted by Gasteiger charge is 2.30. The molecule has 5 rings (SSSR count). The lowest BCUT2D eigenvalue weighted by Crippen LogP contribution is -2.39. The third-order valence-corrected chi connectivity index (χ3v) is 7.21. The molecule has 0 saturated heterocycles. The highest BCUT2D eigenvalue weighted by Crippen LogP contribution is 2.40. The zero-order chi connectivity index (χ0) is 32.9. The fourth-order valence-electron chi connectivity index (χ4n) is 4.45.